The number of amides is 1. The number of halogens is 2. The number of fused-ring (bicyclic) bond motifs is 3. The lowest BCUT2D eigenvalue weighted by molar-refractivity contribution is 0.0705. The Morgan fingerprint density at radius 3 is 2.81 bits per heavy atom. The summed E-state index contributed by atoms with van der Waals surface area (Å²) in [6, 6.07) is 3.67. The van der Waals surface area contributed by atoms with Gasteiger partial charge in [0.2, 0.25) is 0 Å². The van der Waals surface area contributed by atoms with E-state index in [9.17, 15) is 4.79 Å². The molecule has 2 aliphatic rings. The standard InChI is InChI=1S/C21H19Cl2N7O2/c22-13-7-16(32-6-1-24)18-17(12-8-27-28-9-12)15-11-29(4-5-30(15)20(18)19(13)23)21(31)14-10-25-2-3-26-14/h2-3,7,10,12,27-28H,4-6,8-9,11H2. The highest BCUT2D eigenvalue weighted by Gasteiger charge is 2.34. The lowest BCUT2D eigenvalue weighted by atomic mass is 9.95. The van der Waals surface area contributed by atoms with Crippen LogP contribution in [0.15, 0.2) is 24.7 Å². The lowest BCUT2D eigenvalue weighted by Gasteiger charge is -2.30. The molecule has 4 heterocycles. The first-order valence-electron chi connectivity index (χ1n) is 10.1. The van der Waals surface area contributed by atoms with Crippen LogP contribution in [0.3, 0.4) is 0 Å². The number of benzene rings is 1. The summed E-state index contributed by atoms with van der Waals surface area (Å²) in [5.41, 5.74) is 9.44. The number of hydrazine groups is 1. The van der Waals surface area contributed by atoms with Crippen molar-refractivity contribution < 1.29 is 9.53 Å². The van der Waals surface area contributed by atoms with Crippen LogP contribution in [0.4, 0.5) is 0 Å². The Morgan fingerprint density at radius 2 is 2.09 bits per heavy atom. The second-order valence-corrected chi connectivity index (χ2v) is 8.41. The predicted molar refractivity (Wildman–Crippen MR) is 119 cm³/mol. The zero-order valence-electron chi connectivity index (χ0n) is 16.9. The van der Waals surface area contributed by atoms with E-state index in [2.05, 4.69) is 25.4 Å². The smallest absolute Gasteiger partial charge is 0.274 e. The van der Waals surface area contributed by atoms with Gasteiger partial charge in [0, 0.05) is 61.6 Å². The van der Waals surface area contributed by atoms with Gasteiger partial charge in [-0.2, -0.15) is 5.26 Å². The largest absolute Gasteiger partial charge is 0.478 e. The molecule has 0 spiro atoms. The van der Waals surface area contributed by atoms with Gasteiger partial charge in [-0.3, -0.25) is 20.6 Å². The van der Waals surface area contributed by atoms with Crippen LogP contribution in [-0.4, -0.2) is 51.6 Å². The Labute approximate surface area is 193 Å². The molecule has 0 atom stereocenters. The van der Waals surface area contributed by atoms with E-state index in [1.807, 2.05) is 6.07 Å². The number of nitriles is 1. The fourth-order valence-electron chi connectivity index (χ4n) is 4.50. The van der Waals surface area contributed by atoms with Crippen molar-refractivity contribution in [3.63, 3.8) is 0 Å². The zero-order valence-corrected chi connectivity index (χ0v) is 18.4. The van der Waals surface area contributed by atoms with Gasteiger partial charge in [0.05, 0.1) is 28.3 Å². The van der Waals surface area contributed by atoms with Crippen molar-refractivity contribution in [3.05, 3.63) is 51.7 Å². The lowest BCUT2D eigenvalue weighted by Crippen LogP contribution is -2.39. The Morgan fingerprint density at radius 1 is 1.28 bits per heavy atom. The summed E-state index contributed by atoms with van der Waals surface area (Å²) in [4.78, 5) is 23.0. The maximum absolute atomic E-state index is 13.1. The average Bonchev–Trinajstić information content (AvgIpc) is 3.46. The van der Waals surface area contributed by atoms with Crippen LogP contribution in [0.1, 0.15) is 27.7 Å². The molecule has 5 rings (SSSR count). The van der Waals surface area contributed by atoms with E-state index in [4.69, 9.17) is 33.2 Å². The summed E-state index contributed by atoms with van der Waals surface area (Å²) in [7, 11) is 0. The third-order valence-electron chi connectivity index (χ3n) is 5.86. The molecule has 1 saturated heterocycles. The number of nitrogens with one attached hydrogen (secondary N) is 2. The average molecular weight is 472 g/mol. The summed E-state index contributed by atoms with van der Waals surface area (Å²) in [5.74, 6) is 0.474. The van der Waals surface area contributed by atoms with Crippen LogP contribution in [0.2, 0.25) is 10.0 Å². The topological polar surface area (TPSA) is 108 Å². The fraction of sp³-hybridized carbons (Fsp3) is 0.333. The molecule has 0 saturated carbocycles. The van der Waals surface area contributed by atoms with Crippen molar-refractivity contribution in [2.75, 3.05) is 26.2 Å². The van der Waals surface area contributed by atoms with Gasteiger partial charge in [-0.25, -0.2) is 4.98 Å². The quantitative estimate of drug-likeness (QED) is 0.601. The number of carbonyl (C=O) groups excluding carboxylic acids is 1. The van der Waals surface area contributed by atoms with Gasteiger partial charge in [0.25, 0.3) is 5.91 Å². The zero-order chi connectivity index (χ0) is 22.2. The van der Waals surface area contributed by atoms with Crippen molar-refractivity contribution in [2.24, 2.45) is 0 Å². The second kappa shape index (κ2) is 8.56. The summed E-state index contributed by atoms with van der Waals surface area (Å²) in [6.07, 6.45) is 4.52. The van der Waals surface area contributed by atoms with Crippen molar-refractivity contribution in [1.82, 2.24) is 30.3 Å². The Hall–Kier alpha value is -2.90. The van der Waals surface area contributed by atoms with Gasteiger partial charge in [0.1, 0.15) is 17.5 Å². The van der Waals surface area contributed by atoms with E-state index >= 15 is 0 Å². The first-order valence-corrected chi connectivity index (χ1v) is 10.9. The van der Waals surface area contributed by atoms with E-state index < -0.39 is 0 Å². The fourth-order valence-corrected chi connectivity index (χ4v) is 4.94. The van der Waals surface area contributed by atoms with Gasteiger partial charge >= 0.3 is 0 Å². The van der Waals surface area contributed by atoms with Crippen molar-refractivity contribution in [1.29, 1.82) is 5.26 Å². The van der Waals surface area contributed by atoms with Crippen LogP contribution in [0.5, 0.6) is 5.75 Å². The van der Waals surface area contributed by atoms with Crippen LogP contribution in [0, 0.1) is 11.3 Å². The van der Waals surface area contributed by atoms with E-state index in [0.717, 1.165) is 22.2 Å². The van der Waals surface area contributed by atoms with Gasteiger partial charge in [-0.1, -0.05) is 23.2 Å². The highest BCUT2D eigenvalue weighted by molar-refractivity contribution is 6.45. The molecule has 0 radical (unpaired) electrons. The Kier molecular flexibility index (Phi) is 5.61. The number of hydrogen-bond donors (Lipinski definition) is 2. The van der Waals surface area contributed by atoms with Crippen molar-refractivity contribution >= 4 is 40.0 Å². The number of aromatic nitrogens is 3. The van der Waals surface area contributed by atoms with Crippen LogP contribution < -0.4 is 15.6 Å². The summed E-state index contributed by atoms with van der Waals surface area (Å²) < 4.78 is 7.89. The maximum atomic E-state index is 13.1. The number of nitrogens with zero attached hydrogens (tertiary/aromatic N) is 5. The van der Waals surface area contributed by atoms with Crippen LogP contribution in [-0.2, 0) is 13.1 Å². The van der Waals surface area contributed by atoms with Gasteiger partial charge in [-0.05, 0) is 5.56 Å². The van der Waals surface area contributed by atoms with Crippen molar-refractivity contribution in [3.8, 4) is 11.8 Å². The Balaban J connectivity index is 1.67. The van der Waals surface area contributed by atoms with Gasteiger partial charge in [-0.15, -0.1) is 0 Å². The number of hydrogen-bond acceptors (Lipinski definition) is 7. The highest BCUT2D eigenvalue weighted by Crippen LogP contribution is 2.45. The molecular formula is C21H19Cl2N7O2. The summed E-state index contributed by atoms with van der Waals surface area (Å²) in [6.45, 7) is 2.74. The first-order chi connectivity index (χ1) is 15.6. The number of carbonyl (C=O) groups is 1. The number of ether oxygens (including phenoxy) is 1. The molecule has 2 aromatic heterocycles. The molecule has 164 valence electrons. The molecule has 2 aliphatic heterocycles. The predicted octanol–water partition coefficient (Wildman–Crippen LogP) is 2.49. The van der Waals surface area contributed by atoms with Crippen LogP contribution in [0.25, 0.3) is 10.9 Å². The third-order valence-corrected chi connectivity index (χ3v) is 6.64. The third kappa shape index (κ3) is 3.45. The van der Waals surface area contributed by atoms with E-state index in [1.165, 1.54) is 18.6 Å². The van der Waals surface area contributed by atoms with E-state index in [-0.39, 0.29) is 18.4 Å². The first kappa shape index (κ1) is 21.0. The number of rotatable bonds is 4. The minimum atomic E-state index is -0.173. The molecule has 1 amide bonds. The van der Waals surface area contributed by atoms with E-state index in [0.29, 0.717) is 54.2 Å². The molecule has 9 nitrogen and oxygen atoms in total. The minimum absolute atomic E-state index is 0.106. The molecular weight excluding hydrogens is 453 g/mol. The van der Waals surface area contributed by atoms with Gasteiger partial charge < -0.3 is 14.2 Å². The molecule has 2 N–H and O–H groups in total. The molecule has 3 aromatic rings. The minimum Gasteiger partial charge on any atom is -0.478 e. The summed E-state index contributed by atoms with van der Waals surface area (Å²) >= 11 is 13.1. The second-order valence-electron chi connectivity index (χ2n) is 7.63. The molecule has 11 heteroatoms. The maximum Gasteiger partial charge on any atom is 0.274 e. The molecule has 32 heavy (non-hydrogen) atoms. The van der Waals surface area contributed by atoms with E-state index in [1.54, 1.807) is 11.0 Å². The molecule has 0 unspecified atom stereocenters. The van der Waals surface area contributed by atoms with Crippen molar-refractivity contribution in [2.45, 2.75) is 19.0 Å². The molecule has 1 aromatic carbocycles. The summed E-state index contributed by atoms with van der Waals surface area (Å²) in [5, 5.41) is 10.7. The molecule has 0 bridgehead atoms. The highest BCUT2D eigenvalue weighted by atomic mass is 35.5. The Bertz CT molecular complexity index is 1230. The van der Waals surface area contributed by atoms with Crippen LogP contribution >= 0.6 is 23.2 Å². The SMILES string of the molecule is N#CCOc1cc(Cl)c(Cl)c2c1c(C1CNNC1)c1n2CCN(C(=O)c2cnccn2)C1. The van der Waals surface area contributed by atoms with Gasteiger partial charge in [0.15, 0.2) is 6.61 Å². The normalized spacial score (nSPS) is 16.2. The monoisotopic (exact) mass is 471 g/mol. The molecule has 0 aliphatic carbocycles. The molecule has 1 fully saturated rings.